The lowest BCUT2D eigenvalue weighted by Crippen LogP contribution is -2.45. The molecule has 5 rings (SSSR count). The fourth-order valence-electron chi connectivity index (χ4n) is 4.87. The second-order valence-electron chi connectivity index (χ2n) is 8.66. The molecule has 1 atom stereocenters. The maximum Gasteiger partial charge on any atom is 0.410 e. The van der Waals surface area contributed by atoms with E-state index in [4.69, 9.17) is 9.47 Å². The number of likely N-dealkylation sites (tertiary alicyclic amines) is 1. The molecule has 0 saturated carbocycles. The van der Waals surface area contributed by atoms with E-state index in [1.165, 1.54) is 10.5 Å². The number of ether oxygens (including phenoxy) is 2. The van der Waals surface area contributed by atoms with Gasteiger partial charge in [0.15, 0.2) is 0 Å². The predicted molar refractivity (Wildman–Crippen MR) is 131 cm³/mol. The van der Waals surface area contributed by atoms with Crippen molar-refractivity contribution in [2.75, 3.05) is 33.0 Å². The minimum Gasteiger partial charge on any atom is -0.497 e. The number of carbonyl (C=O) groups excluding carboxylic acids is 1. The molecule has 3 heterocycles. The molecule has 2 aliphatic rings. The Morgan fingerprint density at radius 1 is 1.12 bits per heavy atom. The fourth-order valence-corrected chi connectivity index (χ4v) is 5.28. The molecule has 0 aliphatic carbocycles. The third kappa shape index (κ3) is 4.66. The number of pyridine rings is 1. The van der Waals surface area contributed by atoms with Crippen LogP contribution in [0.5, 0.6) is 5.75 Å². The zero-order chi connectivity index (χ0) is 22.8. The molecular formula is C26H29N3O3S. The van der Waals surface area contributed by atoms with Gasteiger partial charge in [0.1, 0.15) is 11.9 Å². The molecule has 172 valence electrons. The van der Waals surface area contributed by atoms with Gasteiger partial charge in [-0.25, -0.2) is 4.79 Å². The summed E-state index contributed by atoms with van der Waals surface area (Å²) in [4.78, 5) is 23.0. The zero-order valence-electron chi connectivity index (χ0n) is 19.1. The van der Waals surface area contributed by atoms with Gasteiger partial charge in [0.2, 0.25) is 0 Å². The number of amides is 1. The highest BCUT2D eigenvalue weighted by atomic mass is 32.2. The second-order valence-corrected chi connectivity index (χ2v) is 9.54. The minimum absolute atomic E-state index is 0.209. The van der Waals surface area contributed by atoms with Crippen molar-refractivity contribution >= 4 is 28.8 Å². The van der Waals surface area contributed by atoms with Crippen LogP contribution in [0.15, 0.2) is 59.6 Å². The van der Waals surface area contributed by atoms with Gasteiger partial charge in [0.25, 0.3) is 0 Å². The lowest BCUT2D eigenvalue weighted by atomic mass is 10.0. The smallest absolute Gasteiger partial charge is 0.410 e. The number of aromatic nitrogens is 1. The maximum atomic E-state index is 12.8. The van der Waals surface area contributed by atoms with Crippen LogP contribution in [0.4, 0.5) is 4.79 Å². The van der Waals surface area contributed by atoms with Crippen LogP contribution in [-0.2, 0) is 11.3 Å². The highest BCUT2D eigenvalue weighted by molar-refractivity contribution is 7.98. The number of methoxy groups -OCH3 is 1. The quantitative estimate of drug-likeness (QED) is 0.473. The molecule has 3 aromatic rings. The van der Waals surface area contributed by atoms with Crippen LogP contribution in [-0.4, -0.2) is 59.9 Å². The number of cyclic esters (lactones) is 1. The monoisotopic (exact) mass is 463 g/mol. The Labute approximate surface area is 198 Å². The molecule has 1 unspecified atom stereocenters. The molecule has 0 N–H and O–H groups in total. The summed E-state index contributed by atoms with van der Waals surface area (Å²) in [5.74, 6) is 0.772. The van der Waals surface area contributed by atoms with E-state index in [-0.39, 0.29) is 18.2 Å². The van der Waals surface area contributed by atoms with Gasteiger partial charge in [0, 0.05) is 47.7 Å². The number of nitrogens with zero attached hydrogens (tertiary/aromatic N) is 3. The van der Waals surface area contributed by atoms with Gasteiger partial charge < -0.3 is 14.4 Å². The molecule has 2 aliphatic heterocycles. The van der Waals surface area contributed by atoms with E-state index in [0.717, 1.165) is 54.7 Å². The minimum atomic E-state index is -0.289. The van der Waals surface area contributed by atoms with Crippen molar-refractivity contribution in [2.45, 2.75) is 36.4 Å². The van der Waals surface area contributed by atoms with E-state index in [1.807, 2.05) is 29.2 Å². The third-order valence-corrected chi connectivity index (χ3v) is 7.48. The van der Waals surface area contributed by atoms with Crippen LogP contribution in [0, 0.1) is 0 Å². The van der Waals surface area contributed by atoms with E-state index in [1.54, 1.807) is 25.1 Å². The number of hydrogen-bond acceptors (Lipinski definition) is 6. The van der Waals surface area contributed by atoms with Gasteiger partial charge in [-0.1, -0.05) is 12.1 Å². The summed E-state index contributed by atoms with van der Waals surface area (Å²) in [5.41, 5.74) is 3.20. The van der Waals surface area contributed by atoms with Crippen molar-refractivity contribution in [2.24, 2.45) is 0 Å². The number of fused-ring (bicyclic) bond motifs is 1. The molecule has 0 radical (unpaired) electrons. The summed E-state index contributed by atoms with van der Waals surface area (Å²) < 4.78 is 11.2. The van der Waals surface area contributed by atoms with Crippen LogP contribution in [0.25, 0.3) is 10.9 Å². The van der Waals surface area contributed by atoms with Crippen LogP contribution in [0.1, 0.15) is 30.1 Å². The first kappa shape index (κ1) is 22.0. The molecule has 2 aromatic carbocycles. The Morgan fingerprint density at radius 3 is 2.64 bits per heavy atom. The summed E-state index contributed by atoms with van der Waals surface area (Å²) in [6.45, 7) is 3.51. The number of thioether (sulfide) groups is 1. The largest absolute Gasteiger partial charge is 0.497 e. The maximum absolute atomic E-state index is 12.8. The van der Waals surface area contributed by atoms with Gasteiger partial charge in [-0.3, -0.25) is 9.88 Å². The Balaban J connectivity index is 1.23. The summed E-state index contributed by atoms with van der Waals surface area (Å²) >= 11 is 1.77. The molecule has 2 fully saturated rings. The van der Waals surface area contributed by atoms with Gasteiger partial charge in [0.05, 0.1) is 19.2 Å². The van der Waals surface area contributed by atoms with E-state index >= 15 is 0 Å². The fraction of sp³-hybridized carbons (Fsp3) is 0.385. The summed E-state index contributed by atoms with van der Waals surface area (Å²) in [7, 11) is 1.65. The molecule has 7 heteroatoms. The average Bonchev–Trinajstić information content (AvgIpc) is 3.25. The number of benzene rings is 2. The molecule has 33 heavy (non-hydrogen) atoms. The highest BCUT2D eigenvalue weighted by Crippen LogP contribution is 2.34. The first-order valence-corrected chi connectivity index (χ1v) is 12.6. The Bertz CT molecular complexity index is 1130. The standard InChI is InChI=1S/C26H29N3O3S/c1-31-20-5-8-24-23(15-20)22(9-12-27-24)25-17-29(26(30)32-25)19-10-13-28(14-11-19)16-18-3-6-21(33-2)7-4-18/h3-9,12,15,19,25H,10-11,13-14,16-17H2,1-2H3. The van der Waals surface area contributed by atoms with E-state index in [9.17, 15) is 4.79 Å². The number of rotatable bonds is 6. The zero-order valence-corrected chi connectivity index (χ0v) is 19.9. The van der Waals surface area contributed by atoms with Crippen molar-refractivity contribution in [1.29, 1.82) is 0 Å². The molecule has 0 spiro atoms. The SMILES string of the molecule is COc1ccc2nccc(C3CN(C4CCN(Cc5ccc(SC)cc5)CC4)C(=O)O3)c2c1. The summed E-state index contributed by atoms with van der Waals surface area (Å²) in [6, 6.07) is 16.8. The van der Waals surface area contributed by atoms with Crippen molar-refractivity contribution in [3.63, 3.8) is 0 Å². The van der Waals surface area contributed by atoms with Crippen molar-refractivity contribution in [3.05, 3.63) is 65.9 Å². The first-order chi connectivity index (χ1) is 16.1. The van der Waals surface area contributed by atoms with Crippen LogP contribution >= 0.6 is 11.8 Å². The van der Waals surface area contributed by atoms with E-state index in [0.29, 0.717) is 6.54 Å². The van der Waals surface area contributed by atoms with Gasteiger partial charge in [-0.2, -0.15) is 0 Å². The van der Waals surface area contributed by atoms with Crippen LogP contribution in [0.2, 0.25) is 0 Å². The first-order valence-electron chi connectivity index (χ1n) is 11.4. The summed E-state index contributed by atoms with van der Waals surface area (Å²) in [5, 5.41) is 0.971. The van der Waals surface area contributed by atoms with Gasteiger partial charge >= 0.3 is 6.09 Å². The Hall–Kier alpha value is -2.77. The van der Waals surface area contributed by atoms with Crippen molar-refractivity contribution in [3.8, 4) is 5.75 Å². The molecule has 6 nitrogen and oxygen atoms in total. The molecule has 2 saturated heterocycles. The van der Waals surface area contributed by atoms with E-state index < -0.39 is 0 Å². The second kappa shape index (κ2) is 9.61. The number of piperidine rings is 1. The van der Waals surface area contributed by atoms with Gasteiger partial charge in [-0.15, -0.1) is 11.8 Å². The van der Waals surface area contributed by atoms with Crippen LogP contribution in [0.3, 0.4) is 0 Å². The van der Waals surface area contributed by atoms with Gasteiger partial charge in [-0.05, 0) is 61.1 Å². The Morgan fingerprint density at radius 2 is 1.91 bits per heavy atom. The lowest BCUT2D eigenvalue weighted by molar-refractivity contribution is 0.110. The van der Waals surface area contributed by atoms with Crippen LogP contribution < -0.4 is 4.74 Å². The Kier molecular flexibility index (Phi) is 6.42. The number of carbonyl (C=O) groups is 1. The predicted octanol–water partition coefficient (Wildman–Crippen LogP) is 5.12. The van der Waals surface area contributed by atoms with E-state index in [2.05, 4.69) is 40.4 Å². The summed E-state index contributed by atoms with van der Waals surface area (Å²) in [6.07, 6.45) is 5.32. The topological polar surface area (TPSA) is 54.9 Å². The van der Waals surface area contributed by atoms with Crippen molar-refractivity contribution in [1.82, 2.24) is 14.8 Å². The van der Waals surface area contributed by atoms with Crippen molar-refractivity contribution < 1.29 is 14.3 Å². The third-order valence-electron chi connectivity index (χ3n) is 6.73. The normalized spacial score (nSPS) is 19.8. The molecule has 1 amide bonds. The molecular weight excluding hydrogens is 434 g/mol. The highest BCUT2D eigenvalue weighted by Gasteiger charge is 2.38. The lowest BCUT2D eigenvalue weighted by Gasteiger charge is -2.35. The molecule has 0 bridgehead atoms. The number of hydrogen-bond donors (Lipinski definition) is 0. The average molecular weight is 464 g/mol. The molecule has 1 aromatic heterocycles.